The number of benzene rings is 2. The summed E-state index contributed by atoms with van der Waals surface area (Å²) in [5.41, 5.74) is 3.01. The Bertz CT molecular complexity index is 1650. The van der Waals surface area contributed by atoms with Crippen LogP contribution in [0.3, 0.4) is 0 Å². The normalized spacial score (nSPS) is 19.2. The van der Waals surface area contributed by atoms with Gasteiger partial charge in [0.25, 0.3) is 5.91 Å². The molecule has 196 valence electrons. The Morgan fingerprint density at radius 3 is 2.79 bits per heavy atom. The van der Waals surface area contributed by atoms with Gasteiger partial charge in [-0.2, -0.15) is 15.1 Å². The van der Waals surface area contributed by atoms with Crippen molar-refractivity contribution in [2.75, 3.05) is 19.9 Å². The molecule has 0 spiro atoms. The number of likely N-dealkylation sites (tertiary alicyclic amines) is 1. The Morgan fingerprint density at radius 2 is 1.92 bits per heavy atom. The molecule has 0 bridgehead atoms. The SMILES string of the molecule is N=C1C(=Cc2cn(Cc3ccc4c(c3)OCO4)c3ccccc23)C(=O)N=C2SC(CC(=O)N3CCCC3)=NN12. The monoisotopic (exact) mass is 540 g/mol. The largest absolute Gasteiger partial charge is 0.454 e. The summed E-state index contributed by atoms with van der Waals surface area (Å²) >= 11 is 1.18. The van der Waals surface area contributed by atoms with Crippen LogP contribution in [0.5, 0.6) is 11.5 Å². The van der Waals surface area contributed by atoms with Gasteiger partial charge in [-0.05, 0) is 54.4 Å². The molecule has 3 aromatic rings. The second kappa shape index (κ2) is 9.42. The molecule has 0 radical (unpaired) electrons. The smallest absolute Gasteiger partial charge is 0.283 e. The molecule has 5 heterocycles. The number of thioether (sulfide) groups is 1. The third-order valence-electron chi connectivity index (χ3n) is 7.17. The molecule has 4 aliphatic rings. The van der Waals surface area contributed by atoms with Crippen molar-refractivity contribution in [2.24, 2.45) is 10.1 Å². The number of hydrogen-bond acceptors (Lipinski definition) is 7. The number of aromatic nitrogens is 1. The van der Waals surface area contributed by atoms with Gasteiger partial charge in [0.2, 0.25) is 17.9 Å². The third kappa shape index (κ3) is 4.28. The first-order valence-electron chi connectivity index (χ1n) is 12.8. The Kier molecular flexibility index (Phi) is 5.73. The number of ether oxygens (including phenoxy) is 2. The predicted octanol–water partition coefficient (Wildman–Crippen LogP) is 4.05. The molecule has 11 heteroatoms. The molecule has 0 saturated carbocycles. The molecule has 0 atom stereocenters. The highest BCUT2D eigenvalue weighted by Gasteiger charge is 2.36. The highest BCUT2D eigenvalue weighted by atomic mass is 32.2. The van der Waals surface area contributed by atoms with Crippen LogP contribution in [0, 0.1) is 5.41 Å². The molecule has 1 fully saturated rings. The van der Waals surface area contributed by atoms with E-state index in [1.54, 1.807) is 6.08 Å². The maximum atomic E-state index is 13.0. The number of amidine groups is 2. The minimum atomic E-state index is -0.492. The summed E-state index contributed by atoms with van der Waals surface area (Å²) in [6.45, 7) is 2.36. The number of hydrogen-bond donors (Lipinski definition) is 1. The van der Waals surface area contributed by atoms with E-state index in [1.807, 2.05) is 53.6 Å². The van der Waals surface area contributed by atoms with Gasteiger partial charge < -0.3 is 18.9 Å². The van der Waals surface area contributed by atoms with E-state index in [2.05, 4.69) is 14.7 Å². The van der Waals surface area contributed by atoms with Crippen LogP contribution in [0.1, 0.15) is 30.4 Å². The first kappa shape index (κ1) is 23.7. The molecule has 4 aliphatic heterocycles. The van der Waals surface area contributed by atoms with Crippen LogP contribution in [0.4, 0.5) is 0 Å². The van der Waals surface area contributed by atoms with Crippen molar-refractivity contribution >= 4 is 56.6 Å². The molecule has 1 saturated heterocycles. The number of carbonyl (C=O) groups is 2. The van der Waals surface area contributed by atoms with E-state index < -0.39 is 5.91 Å². The van der Waals surface area contributed by atoms with Gasteiger partial charge in [-0.3, -0.25) is 15.0 Å². The van der Waals surface area contributed by atoms with E-state index in [-0.39, 0.29) is 30.5 Å². The lowest BCUT2D eigenvalue weighted by molar-refractivity contribution is -0.128. The zero-order valence-corrected chi connectivity index (χ0v) is 21.7. The molecule has 0 aliphatic carbocycles. The number of amides is 2. The van der Waals surface area contributed by atoms with E-state index in [1.165, 1.54) is 16.8 Å². The van der Waals surface area contributed by atoms with Crippen LogP contribution in [0.15, 0.2) is 64.3 Å². The van der Waals surface area contributed by atoms with Crippen LogP contribution in [-0.2, 0) is 16.1 Å². The number of nitrogens with zero attached hydrogens (tertiary/aromatic N) is 5. The number of hydrazone groups is 1. The molecule has 10 nitrogen and oxygen atoms in total. The molecule has 1 N–H and O–H groups in total. The maximum Gasteiger partial charge on any atom is 0.283 e. The summed E-state index contributed by atoms with van der Waals surface area (Å²) in [5.74, 6) is 0.944. The summed E-state index contributed by atoms with van der Waals surface area (Å²) in [6.07, 6.45) is 5.87. The second-order valence-electron chi connectivity index (χ2n) is 9.70. The van der Waals surface area contributed by atoms with E-state index in [9.17, 15) is 9.59 Å². The number of rotatable bonds is 5. The topological polar surface area (TPSA) is 113 Å². The van der Waals surface area contributed by atoms with Crippen molar-refractivity contribution in [1.82, 2.24) is 14.5 Å². The van der Waals surface area contributed by atoms with Gasteiger partial charge in [-0.1, -0.05) is 24.3 Å². The summed E-state index contributed by atoms with van der Waals surface area (Å²) in [6, 6.07) is 13.8. The molecule has 2 amide bonds. The van der Waals surface area contributed by atoms with E-state index >= 15 is 0 Å². The van der Waals surface area contributed by atoms with Gasteiger partial charge in [0, 0.05) is 42.3 Å². The third-order valence-corrected chi connectivity index (χ3v) is 8.08. The maximum absolute atomic E-state index is 13.0. The fraction of sp³-hybridized carbons (Fsp3) is 0.250. The highest BCUT2D eigenvalue weighted by molar-refractivity contribution is 8.27. The van der Waals surface area contributed by atoms with Crippen molar-refractivity contribution in [3.8, 4) is 11.5 Å². The van der Waals surface area contributed by atoms with Gasteiger partial charge in [0.05, 0.1) is 12.0 Å². The van der Waals surface area contributed by atoms with Gasteiger partial charge in [0.15, 0.2) is 17.3 Å². The zero-order valence-electron chi connectivity index (χ0n) is 20.9. The summed E-state index contributed by atoms with van der Waals surface area (Å²) < 4.78 is 13.1. The molecule has 0 unspecified atom stereocenters. The van der Waals surface area contributed by atoms with Gasteiger partial charge >= 0.3 is 0 Å². The van der Waals surface area contributed by atoms with Gasteiger partial charge in [0.1, 0.15) is 5.04 Å². The summed E-state index contributed by atoms with van der Waals surface area (Å²) in [7, 11) is 0. The van der Waals surface area contributed by atoms with Crippen molar-refractivity contribution in [2.45, 2.75) is 25.8 Å². The highest BCUT2D eigenvalue weighted by Crippen LogP contribution is 2.34. The molecular formula is C28H24N6O4S. The number of aliphatic imine (C=N–C) groups is 1. The Morgan fingerprint density at radius 1 is 1.10 bits per heavy atom. The van der Waals surface area contributed by atoms with Crippen LogP contribution in [0.2, 0.25) is 0 Å². The standard InChI is InChI=1S/C28H24N6O4S/c29-26-20(27(36)30-28-34(26)31-24(39-28)13-25(35)32-9-3-4-10-32)12-18-15-33(21-6-2-1-5-19(18)21)14-17-7-8-22-23(11-17)38-16-37-22/h1-2,5-8,11-12,15,29H,3-4,9-10,13-14,16H2. The Hall–Kier alpha value is -4.38. The first-order valence-corrected chi connectivity index (χ1v) is 13.6. The van der Waals surface area contributed by atoms with Crippen molar-refractivity contribution < 1.29 is 19.1 Å². The van der Waals surface area contributed by atoms with Gasteiger partial charge in [-0.15, -0.1) is 0 Å². The van der Waals surface area contributed by atoms with Crippen LogP contribution < -0.4 is 9.47 Å². The minimum absolute atomic E-state index is 0.0167. The van der Waals surface area contributed by atoms with Crippen molar-refractivity contribution in [1.29, 1.82) is 5.41 Å². The van der Waals surface area contributed by atoms with Crippen molar-refractivity contribution in [3.63, 3.8) is 0 Å². The first-order chi connectivity index (χ1) is 19.0. The lowest BCUT2D eigenvalue weighted by atomic mass is 10.1. The minimum Gasteiger partial charge on any atom is -0.454 e. The number of carbonyl (C=O) groups excluding carboxylic acids is 2. The number of para-hydroxylation sites is 1. The fourth-order valence-electron chi connectivity index (χ4n) is 5.22. The average Bonchev–Trinajstić information content (AvgIpc) is 3.73. The fourth-order valence-corrected chi connectivity index (χ4v) is 6.10. The molecule has 39 heavy (non-hydrogen) atoms. The number of fused-ring (bicyclic) bond motifs is 3. The summed E-state index contributed by atoms with van der Waals surface area (Å²) in [4.78, 5) is 31.7. The average molecular weight is 541 g/mol. The van der Waals surface area contributed by atoms with Gasteiger partial charge in [-0.25, -0.2) is 0 Å². The van der Waals surface area contributed by atoms with E-state index in [0.29, 0.717) is 16.8 Å². The quantitative estimate of drug-likeness (QED) is 0.489. The zero-order chi connectivity index (χ0) is 26.5. The summed E-state index contributed by atoms with van der Waals surface area (Å²) in [5, 5.41) is 16.4. The van der Waals surface area contributed by atoms with E-state index in [0.717, 1.165) is 59.5 Å². The number of nitrogens with one attached hydrogen (secondary N) is 1. The molecule has 7 rings (SSSR count). The van der Waals surface area contributed by atoms with Crippen molar-refractivity contribution in [3.05, 3.63) is 65.4 Å². The van der Waals surface area contributed by atoms with Crippen LogP contribution >= 0.6 is 11.8 Å². The molecular weight excluding hydrogens is 516 g/mol. The Balaban J connectivity index is 1.17. The Labute approximate surface area is 228 Å². The van der Waals surface area contributed by atoms with E-state index in [4.69, 9.17) is 14.9 Å². The predicted molar refractivity (Wildman–Crippen MR) is 149 cm³/mol. The second-order valence-corrected chi connectivity index (χ2v) is 10.7. The van der Waals surface area contributed by atoms with Crippen LogP contribution in [-0.4, -0.2) is 62.2 Å². The molecule has 1 aromatic heterocycles. The lowest BCUT2D eigenvalue weighted by Gasteiger charge is -2.20. The lowest BCUT2D eigenvalue weighted by Crippen LogP contribution is -2.35. The van der Waals surface area contributed by atoms with Crippen LogP contribution in [0.25, 0.3) is 17.0 Å². The molecule has 2 aromatic carbocycles.